The lowest BCUT2D eigenvalue weighted by Crippen LogP contribution is -2.42. The second-order valence-corrected chi connectivity index (χ2v) is 8.93. The molecule has 3 heteroatoms. The molecular weight excluding hydrogens is 178 g/mol. The number of hydrogen-bond acceptors (Lipinski definition) is 1. The summed E-state index contributed by atoms with van der Waals surface area (Å²) < 4.78 is 2.80. The fourth-order valence-electron chi connectivity index (χ4n) is 1.60. The topological polar surface area (TPSA) is 3.24 Å². The van der Waals surface area contributed by atoms with Gasteiger partial charge < -0.3 is 4.57 Å². The average Bonchev–Trinajstić information content (AvgIpc) is 2.11. The van der Waals surface area contributed by atoms with Crippen LogP contribution < -0.4 is 0 Å². The summed E-state index contributed by atoms with van der Waals surface area (Å²) >= 11 is 0. The maximum absolute atomic E-state index is 2.80. The van der Waals surface area contributed by atoms with Gasteiger partial charge in [0.1, 0.15) is 0 Å². The maximum Gasteiger partial charge on any atom is 0.0923 e. The summed E-state index contributed by atoms with van der Waals surface area (Å²) in [5.74, 6) is 0. The molecule has 0 fully saturated rings. The predicted molar refractivity (Wildman–Crippen MR) is 64.6 cm³/mol. The van der Waals surface area contributed by atoms with Gasteiger partial charge in [-0.1, -0.05) is 33.4 Å². The van der Waals surface area contributed by atoms with Crippen LogP contribution in [0, 0.1) is 0 Å². The second kappa shape index (κ2) is 6.86. The first-order valence-electron chi connectivity index (χ1n) is 5.43. The van der Waals surface area contributed by atoms with Crippen molar-refractivity contribution < 1.29 is 0 Å². The van der Waals surface area contributed by atoms with Gasteiger partial charge in [0.2, 0.25) is 0 Å². The van der Waals surface area contributed by atoms with Crippen LogP contribution in [0.1, 0.15) is 40.5 Å². The SMILES string of the molecule is CCC(C)N([SiH2]C[SiH3])C(C)CC. The van der Waals surface area contributed by atoms with Crippen molar-refractivity contribution in [2.75, 3.05) is 0 Å². The highest BCUT2D eigenvalue weighted by Crippen LogP contribution is 2.10. The Morgan fingerprint density at radius 3 is 1.83 bits per heavy atom. The summed E-state index contributed by atoms with van der Waals surface area (Å²) in [4.78, 5) is 0. The van der Waals surface area contributed by atoms with Crippen LogP contribution in [0.15, 0.2) is 0 Å². The smallest absolute Gasteiger partial charge is 0.0923 e. The molecule has 0 spiro atoms. The molecule has 2 unspecified atom stereocenters. The van der Waals surface area contributed by atoms with Crippen molar-refractivity contribution in [2.45, 2.75) is 58.3 Å². The highest BCUT2D eigenvalue weighted by atomic mass is 28.3. The van der Waals surface area contributed by atoms with Gasteiger partial charge in [-0.3, -0.25) is 0 Å². The van der Waals surface area contributed by atoms with E-state index in [2.05, 4.69) is 32.3 Å². The zero-order valence-corrected chi connectivity index (χ0v) is 12.8. The Bertz CT molecular complexity index is 98.7. The molecule has 0 aliphatic heterocycles. The van der Waals surface area contributed by atoms with Gasteiger partial charge in [0.05, 0.1) is 9.68 Å². The van der Waals surface area contributed by atoms with E-state index in [0.29, 0.717) is 0 Å². The Kier molecular flexibility index (Phi) is 7.09. The Morgan fingerprint density at radius 2 is 1.58 bits per heavy atom. The van der Waals surface area contributed by atoms with Gasteiger partial charge in [-0.2, -0.15) is 0 Å². The van der Waals surface area contributed by atoms with Gasteiger partial charge in [0.25, 0.3) is 0 Å². The lowest BCUT2D eigenvalue weighted by Gasteiger charge is -2.33. The fraction of sp³-hybridized carbons (Fsp3) is 1.00. The van der Waals surface area contributed by atoms with Gasteiger partial charge in [0, 0.05) is 10.2 Å². The van der Waals surface area contributed by atoms with E-state index in [1.165, 1.54) is 23.1 Å². The van der Waals surface area contributed by atoms with Crippen LogP contribution in [-0.4, -0.2) is 36.6 Å². The summed E-state index contributed by atoms with van der Waals surface area (Å²) in [6, 6.07) is 1.67. The minimum Gasteiger partial charge on any atom is -0.325 e. The summed E-state index contributed by atoms with van der Waals surface area (Å²) in [6.45, 7) is 9.38. The summed E-state index contributed by atoms with van der Waals surface area (Å²) in [6.07, 6.45) is 2.64. The summed E-state index contributed by atoms with van der Waals surface area (Å²) in [7, 11) is 1.52. The van der Waals surface area contributed by atoms with E-state index >= 15 is 0 Å². The Morgan fingerprint density at radius 1 is 1.17 bits per heavy atom. The van der Waals surface area contributed by atoms with Crippen LogP contribution in [0.5, 0.6) is 0 Å². The third-order valence-corrected chi connectivity index (χ3v) is 6.35. The molecule has 0 saturated heterocycles. The van der Waals surface area contributed by atoms with E-state index in [1.807, 2.05) is 0 Å². The van der Waals surface area contributed by atoms with Crippen molar-refractivity contribution >= 4 is 19.9 Å². The largest absolute Gasteiger partial charge is 0.325 e. The van der Waals surface area contributed by atoms with Crippen molar-refractivity contribution in [3.63, 3.8) is 0 Å². The van der Waals surface area contributed by atoms with E-state index in [0.717, 1.165) is 12.1 Å². The molecule has 0 saturated carbocycles. The van der Waals surface area contributed by atoms with Crippen molar-refractivity contribution in [1.82, 2.24) is 4.57 Å². The second-order valence-electron chi connectivity index (χ2n) is 3.75. The maximum atomic E-state index is 2.80. The average molecular weight is 203 g/mol. The standard InChI is InChI=1S/C9H25NSi2/c1-5-8(3)10(12-7-11)9(4)6-2/h8-9H,5-7,12H2,1-4,11H3. The fourth-order valence-corrected chi connectivity index (χ4v) is 5.07. The summed E-state index contributed by atoms with van der Waals surface area (Å²) in [5.41, 5.74) is 1.55. The zero-order valence-electron chi connectivity index (χ0n) is 9.43. The van der Waals surface area contributed by atoms with Gasteiger partial charge in [-0.05, 0) is 24.9 Å². The molecule has 1 nitrogen and oxygen atoms in total. The van der Waals surface area contributed by atoms with Crippen LogP contribution >= 0.6 is 0 Å². The van der Waals surface area contributed by atoms with E-state index in [4.69, 9.17) is 0 Å². The number of hydrogen-bond donors (Lipinski definition) is 0. The molecule has 0 rings (SSSR count). The van der Waals surface area contributed by atoms with E-state index < -0.39 is 0 Å². The molecule has 0 heterocycles. The van der Waals surface area contributed by atoms with E-state index in [9.17, 15) is 0 Å². The summed E-state index contributed by atoms with van der Waals surface area (Å²) in [5, 5.41) is 0. The molecule has 0 aromatic carbocycles. The third kappa shape index (κ3) is 3.87. The minimum absolute atomic E-state index is 0.114. The van der Waals surface area contributed by atoms with Gasteiger partial charge in [-0.15, -0.1) is 0 Å². The first-order valence-corrected chi connectivity index (χ1v) is 8.47. The molecule has 74 valence electrons. The monoisotopic (exact) mass is 203 g/mol. The van der Waals surface area contributed by atoms with Gasteiger partial charge in [0.15, 0.2) is 0 Å². The molecular formula is C9H25NSi2. The van der Waals surface area contributed by atoms with Crippen LogP contribution in [0.4, 0.5) is 0 Å². The molecule has 2 atom stereocenters. The Balaban J connectivity index is 4.01. The van der Waals surface area contributed by atoms with Crippen LogP contribution in [0.3, 0.4) is 0 Å². The zero-order chi connectivity index (χ0) is 9.56. The molecule has 0 aliphatic rings. The van der Waals surface area contributed by atoms with E-state index in [1.54, 1.807) is 5.67 Å². The first-order chi connectivity index (χ1) is 5.67. The molecule has 0 amide bonds. The number of nitrogens with zero attached hydrogens (tertiary/aromatic N) is 1. The van der Waals surface area contributed by atoms with Crippen LogP contribution in [-0.2, 0) is 0 Å². The quantitative estimate of drug-likeness (QED) is 0.575. The molecule has 0 aromatic heterocycles. The molecule has 0 N–H and O–H groups in total. The van der Waals surface area contributed by atoms with Crippen molar-refractivity contribution in [3.05, 3.63) is 0 Å². The predicted octanol–water partition coefficient (Wildman–Crippen LogP) is 0.710. The van der Waals surface area contributed by atoms with Gasteiger partial charge >= 0.3 is 0 Å². The van der Waals surface area contributed by atoms with Crippen molar-refractivity contribution in [2.24, 2.45) is 0 Å². The Hall–Kier alpha value is 0.394. The van der Waals surface area contributed by atoms with Crippen LogP contribution in [0.25, 0.3) is 0 Å². The molecule has 0 aliphatic carbocycles. The van der Waals surface area contributed by atoms with Crippen LogP contribution in [0.2, 0.25) is 5.67 Å². The molecule has 0 radical (unpaired) electrons. The lowest BCUT2D eigenvalue weighted by molar-refractivity contribution is 0.269. The highest BCUT2D eigenvalue weighted by molar-refractivity contribution is 6.44. The third-order valence-electron chi connectivity index (χ3n) is 2.80. The first kappa shape index (κ1) is 12.4. The van der Waals surface area contributed by atoms with E-state index in [-0.39, 0.29) is 9.68 Å². The normalized spacial score (nSPS) is 17.8. The van der Waals surface area contributed by atoms with Gasteiger partial charge in [-0.25, -0.2) is 0 Å². The van der Waals surface area contributed by atoms with Crippen molar-refractivity contribution in [3.8, 4) is 0 Å². The Labute approximate surface area is 83.2 Å². The molecule has 12 heavy (non-hydrogen) atoms. The highest BCUT2D eigenvalue weighted by Gasteiger charge is 2.15. The number of rotatable bonds is 6. The van der Waals surface area contributed by atoms with Crippen molar-refractivity contribution in [1.29, 1.82) is 0 Å². The lowest BCUT2D eigenvalue weighted by atomic mass is 10.2. The minimum atomic E-state index is 0.114. The molecule has 0 bridgehead atoms. The molecule has 0 aromatic rings.